The molecule has 0 fully saturated rings. The van der Waals surface area contributed by atoms with Crippen LogP contribution < -0.4 is 10.6 Å². The maximum absolute atomic E-state index is 12.2. The monoisotopic (exact) mass is 386 g/mol. The summed E-state index contributed by atoms with van der Waals surface area (Å²) in [5.74, 6) is -1.05. The molecule has 2 aromatic carbocycles. The second kappa shape index (κ2) is 8.44. The molecule has 0 aliphatic heterocycles. The number of hydrogen-bond acceptors (Lipinski definition) is 5. The molecule has 140 valence electrons. The number of nitriles is 1. The Labute approximate surface area is 157 Å². The fourth-order valence-electron chi connectivity index (χ4n) is 2.14. The van der Waals surface area contributed by atoms with Gasteiger partial charge in [0.2, 0.25) is 15.9 Å². The Balaban J connectivity index is 2.01. The fraction of sp³-hybridized carbons (Fsp3) is 0.167. The number of benzene rings is 2. The van der Waals surface area contributed by atoms with E-state index in [0.29, 0.717) is 11.3 Å². The average molecular weight is 386 g/mol. The third-order valence-electron chi connectivity index (χ3n) is 3.56. The van der Waals surface area contributed by atoms with Crippen molar-refractivity contribution in [2.24, 2.45) is 0 Å². The van der Waals surface area contributed by atoms with Gasteiger partial charge in [-0.15, -0.1) is 0 Å². The third kappa shape index (κ3) is 5.13. The zero-order chi connectivity index (χ0) is 20.0. The van der Waals surface area contributed by atoms with Crippen LogP contribution in [0.3, 0.4) is 0 Å². The Morgan fingerprint density at radius 2 is 1.81 bits per heavy atom. The summed E-state index contributed by atoms with van der Waals surface area (Å²) in [7, 11) is -0.871. The van der Waals surface area contributed by atoms with Crippen molar-refractivity contribution < 1.29 is 18.0 Å². The maximum Gasteiger partial charge on any atom is 0.251 e. The van der Waals surface area contributed by atoms with E-state index < -0.39 is 21.8 Å². The lowest BCUT2D eigenvalue weighted by molar-refractivity contribution is -0.115. The van der Waals surface area contributed by atoms with Gasteiger partial charge in [-0.25, -0.2) is 12.7 Å². The van der Waals surface area contributed by atoms with E-state index in [1.165, 1.54) is 44.4 Å². The highest BCUT2D eigenvalue weighted by Crippen LogP contribution is 2.15. The van der Waals surface area contributed by atoms with Crippen LogP contribution in [0.5, 0.6) is 0 Å². The molecule has 9 heteroatoms. The number of nitrogens with one attached hydrogen (secondary N) is 2. The van der Waals surface area contributed by atoms with E-state index in [0.717, 1.165) is 4.31 Å². The number of amides is 2. The second-order valence-corrected chi connectivity index (χ2v) is 7.89. The van der Waals surface area contributed by atoms with E-state index in [2.05, 4.69) is 10.6 Å². The number of carbonyl (C=O) groups is 2. The first-order valence-electron chi connectivity index (χ1n) is 7.85. The summed E-state index contributed by atoms with van der Waals surface area (Å²) in [5.41, 5.74) is 0.959. The summed E-state index contributed by atoms with van der Waals surface area (Å²) < 4.78 is 25.3. The molecule has 0 radical (unpaired) electrons. The number of hydrogen-bond donors (Lipinski definition) is 2. The number of sulfonamides is 1. The quantitative estimate of drug-likeness (QED) is 0.772. The molecule has 0 aliphatic carbocycles. The Morgan fingerprint density at radius 1 is 1.11 bits per heavy atom. The molecule has 0 saturated heterocycles. The maximum atomic E-state index is 12.2. The molecule has 27 heavy (non-hydrogen) atoms. The van der Waals surface area contributed by atoms with Crippen LogP contribution in [0.15, 0.2) is 53.4 Å². The van der Waals surface area contributed by atoms with Gasteiger partial charge < -0.3 is 10.6 Å². The van der Waals surface area contributed by atoms with E-state index >= 15 is 0 Å². The molecule has 2 N–H and O–H groups in total. The van der Waals surface area contributed by atoms with E-state index in [-0.39, 0.29) is 17.0 Å². The standard InChI is InChI=1S/C18H18N4O4S/c1-22(2)27(25,26)16-8-4-6-14(10-16)18(24)20-12-17(23)21-15-7-3-5-13(9-15)11-19/h3-10H,12H2,1-2H3,(H,20,24)(H,21,23). The normalized spacial score (nSPS) is 10.9. The average Bonchev–Trinajstić information content (AvgIpc) is 2.66. The van der Waals surface area contributed by atoms with Gasteiger partial charge >= 0.3 is 0 Å². The van der Waals surface area contributed by atoms with Crippen LogP contribution in [0, 0.1) is 11.3 Å². The summed E-state index contributed by atoms with van der Waals surface area (Å²) >= 11 is 0. The van der Waals surface area contributed by atoms with Crippen LogP contribution in [-0.2, 0) is 14.8 Å². The summed E-state index contributed by atoms with van der Waals surface area (Å²) in [4.78, 5) is 24.1. The largest absolute Gasteiger partial charge is 0.343 e. The van der Waals surface area contributed by atoms with Crippen molar-refractivity contribution in [3.05, 3.63) is 59.7 Å². The first-order valence-corrected chi connectivity index (χ1v) is 9.29. The molecule has 0 unspecified atom stereocenters. The molecular weight excluding hydrogens is 368 g/mol. The van der Waals surface area contributed by atoms with Gasteiger partial charge in [-0.1, -0.05) is 12.1 Å². The smallest absolute Gasteiger partial charge is 0.251 e. The van der Waals surface area contributed by atoms with Crippen LogP contribution in [0.4, 0.5) is 5.69 Å². The molecule has 0 saturated carbocycles. The molecular formula is C18H18N4O4S. The molecule has 2 aromatic rings. The molecule has 0 atom stereocenters. The molecule has 2 rings (SSSR count). The van der Waals surface area contributed by atoms with Crippen LogP contribution in [0.25, 0.3) is 0 Å². The summed E-state index contributed by atoms with van der Waals surface area (Å²) in [6.45, 7) is -0.305. The Kier molecular flexibility index (Phi) is 6.28. The van der Waals surface area contributed by atoms with Gasteiger partial charge in [0.15, 0.2) is 0 Å². The number of rotatable bonds is 6. The highest BCUT2D eigenvalue weighted by Gasteiger charge is 2.19. The highest BCUT2D eigenvalue weighted by molar-refractivity contribution is 7.89. The third-order valence-corrected chi connectivity index (χ3v) is 5.37. The molecule has 0 bridgehead atoms. The molecule has 0 spiro atoms. The second-order valence-electron chi connectivity index (χ2n) is 5.74. The van der Waals surface area contributed by atoms with Crippen LogP contribution in [-0.4, -0.2) is 45.2 Å². The summed E-state index contributed by atoms with van der Waals surface area (Å²) in [5, 5.41) is 13.8. The van der Waals surface area contributed by atoms with E-state index in [1.807, 2.05) is 6.07 Å². The van der Waals surface area contributed by atoms with Crippen molar-refractivity contribution in [2.45, 2.75) is 4.90 Å². The zero-order valence-corrected chi connectivity index (χ0v) is 15.6. The van der Waals surface area contributed by atoms with Gasteiger partial charge in [0, 0.05) is 25.3 Å². The van der Waals surface area contributed by atoms with Crippen molar-refractivity contribution in [3.63, 3.8) is 0 Å². The van der Waals surface area contributed by atoms with Crippen molar-refractivity contribution in [2.75, 3.05) is 26.0 Å². The number of carbonyl (C=O) groups excluding carboxylic acids is 2. The SMILES string of the molecule is CN(C)S(=O)(=O)c1cccc(C(=O)NCC(=O)Nc2cccc(C#N)c2)c1. The molecule has 8 nitrogen and oxygen atoms in total. The number of anilines is 1. The van der Waals surface area contributed by atoms with Crippen molar-refractivity contribution >= 4 is 27.5 Å². The van der Waals surface area contributed by atoms with E-state index in [4.69, 9.17) is 5.26 Å². The zero-order valence-electron chi connectivity index (χ0n) is 14.8. The van der Waals surface area contributed by atoms with Gasteiger partial charge in [-0.2, -0.15) is 5.26 Å². The van der Waals surface area contributed by atoms with Gasteiger partial charge in [-0.3, -0.25) is 9.59 Å². The Morgan fingerprint density at radius 3 is 2.48 bits per heavy atom. The predicted octanol–water partition coefficient (Wildman–Crippen LogP) is 1.18. The van der Waals surface area contributed by atoms with Gasteiger partial charge in [0.05, 0.1) is 23.1 Å². The predicted molar refractivity (Wildman–Crippen MR) is 99.4 cm³/mol. The van der Waals surface area contributed by atoms with Gasteiger partial charge in [0.1, 0.15) is 0 Å². The van der Waals surface area contributed by atoms with Crippen molar-refractivity contribution in [3.8, 4) is 6.07 Å². The lowest BCUT2D eigenvalue weighted by Crippen LogP contribution is -2.33. The van der Waals surface area contributed by atoms with E-state index in [1.54, 1.807) is 18.2 Å². The topological polar surface area (TPSA) is 119 Å². The van der Waals surface area contributed by atoms with Crippen molar-refractivity contribution in [1.29, 1.82) is 5.26 Å². The van der Waals surface area contributed by atoms with Crippen LogP contribution in [0.2, 0.25) is 0 Å². The molecule has 2 amide bonds. The summed E-state index contributed by atoms with van der Waals surface area (Å²) in [6.07, 6.45) is 0. The Bertz CT molecular complexity index is 1010. The van der Waals surface area contributed by atoms with E-state index in [9.17, 15) is 18.0 Å². The van der Waals surface area contributed by atoms with Gasteiger partial charge in [-0.05, 0) is 36.4 Å². The lowest BCUT2D eigenvalue weighted by Gasteiger charge is -2.12. The summed E-state index contributed by atoms with van der Waals surface area (Å²) in [6, 6.07) is 13.9. The van der Waals surface area contributed by atoms with Crippen LogP contribution in [0.1, 0.15) is 15.9 Å². The molecule has 0 aliphatic rings. The molecule has 0 aromatic heterocycles. The van der Waals surface area contributed by atoms with Gasteiger partial charge in [0.25, 0.3) is 5.91 Å². The first-order chi connectivity index (χ1) is 12.7. The minimum atomic E-state index is -3.66. The molecule has 0 heterocycles. The Hall–Kier alpha value is -3.22. The minimum absolute atomic E-state index is 0.0158. The number of nitrogens with zero attached hydrogens (tertiary/aromatic N) is 2. The fourth-order valence-corrected chi connectivity index (χ4v) is 3.09. The van der Waals surface area contributed by atoms with Crippen molar-refractivity contribution in [1.82, 2.24) is 9.62 Å². The minimum Gasteiger partial charge on any atom is -0.343 e. The lowest BCUT2D eigenvalue weighted by atomic mass is 10.2. The first kappa shape index (κ1) is 20.1. The highest BCUT2D eigenvalue weighted by atomic mass is 32.2. The van der Waals surface area contributed by atoms with Crippen LogP contribution >= 0.6 is 0 Å².